The Bertz CT molecular complexity index is 919. The van der Waals surface area contributed by atoms with Gasteiger partial charge >= 0.3 is 46.9 Å². The van der Waals surface area contributed by atoms with Gasteiger partial charge < -0.3 is 29.4 Å². The number of rotatable bonds is 0. The minimum Gasteiger partial charge on any atom is -0.302 e. The second kappa shape index (κ2) is 17.6. The Kier molecular flexibility index (Phi) is 22.7. The third-order valence-corrected chi connectivity index (χ3v) is 12.1. The van der Waals surface area contributed by atoms with Crippen LogP contribution in [-0.2, 0) is 67.5 Å². The fraction of sp³-hybridized carbons (Fsp3) is 1.00. The average molecular weight is 744 g/mol. The van der Waals surface area contributed by atoms with Gasteiger partial charge in [-0.05, 0) is 0 Å². The van der Waals surface area contributed by atoms with Crippen molar-refractivity contribution >= 4 is 224 Å². The van der Waals surface area contributed by atoms with E-state index in [1.54, 1.807) is 0 Å². The first kappa shape index (κ1) is 50.2. The Labute approximate surface area is 351 Å². The molecule has 3 saturated heterocycles. The molecular weight excluding hydrogens is 732 g/mol. The molecule has 1 saturated carbocycles. The fourth-order valence-corrected chi connectivity index (χ4v) is 10.6. The molecule has 6 unspecified atom stereocenters. The minimum absolute atomic E-state index is 0. The van der Waals surface area contributed by atoms with Gasteiger partial charge in [0.1, 0.15) is 36.6 Å². The summed E-state index contributed by atoms with van der Waals surface area (Å²) in [6.45, 7) is 0. The molecule has 1 aliphatic carbocycles. The van der Waals surface area contributed by atoms with Gasteiger partial charge in [0.15, 0.2) is 0 Å². The first-order chi connectivity index (χ1) is 14.7. The van der Waals surface area contributed by atoms with Crippen LogP contribution in [0.25, 0.3) is 0 Å². The average Bonchev–Trinajstić information content (AvgIpc) is 2.74. The molecule has 0 bridgehead atoms. The molecular formula is C6H12Na6O21P6. The van der Waals surface area contributed by atoms with Crippen LogP contribution in [0.5, 0.6) is 0 Å². The maximum absolute atomic E-state index is 12.1. The van der Waals surface area contributed by atoms with E-state index in [2.05, 4.69) is 40.1 Å². The van der Waals surface area contributed by atoms with Crippen molar-refractivity contribution in [3.8, 4) is 0 Å². The molecule has 33 heteroatoms. The number of hydrogen-bond acceptors (Lipinski definition) is 15. The van der Waals surface area contributed by atoms with Gasteiger partial charge in [0.05, 0.1) is 0 Å². The van der Waals surface area contributed by atoms with Gasteiger partial charge in [-0.15, -0.1) is 0 Å². The molecule has 198 valence electrons. The predicted molar refractivity (Wildman–Crippen MR) is 126 cm³/mol. The van der Waals surface area contributed by atoms with Gasteiger partial charge in [0, 0.05) is 177 Å². The van der Waals surface area contributed by atoms with Crippen LogP contribution in [-0.4, -0.2) is 243 Å². The second-order valence-electron chi connectivity index (χ2n) is 6.48. The van der Waals surface area contributed by atoms with E-state index < -0.39 is 83.6 Å². The van der Waals surface area contributed by atoms with Crippen LogP contribution in [0.4, 0.5) is 0 Å². The largest absolute Gasteiger partial charge is 0.481 e. The molecule has 6 radical (unpaired) electrons. The standard InChI is InChI=1S/C6H12O21P6.6Na/c7-28(8)19-1-2(20-29(9,10)25-28)4-6(24-33(17,18)27-32(15,16)23-4)5-3(1)21-30(11,12)26-31(13,14)22-5;;;;;;/h1-6H,(H,7,8)(H,9,10)(H,11,12)(H,13,14)(H,15,16)(H,17,18);;;;;;. The second-order valence-corrected chi connectivity index (χ2v) is 15.3. The summed E-state index contributed by atoms with van der Waals surface area (Å²) in [6.07, 6.45) is -14.4. The van der Waals surface area contributed by atoms with Crippen LogP contribution in [0.15, 0.2) is 0 Å². The van der Waals surface area contributed by atoms with Crippen molar-refractivity contribution in [2.24, 2.45) is 0 Å². The summed E-state index contributed by atoms with van der Waals surface area (Å²) in [7, 11) is -33.5. The van der Waals surface area contributed by atoms with E-state index in [-0.39, 0.29) is 177 Å². The van der Waals surface area contributed by atoms with Gasteiger partial charge in [0.2, 0.25) is 0 Å². The zero-order chi connectivity index (χ0) is 24.8. The first-order valence-electron chi connectivity index (χ1n) is 7.90. The van der Waals surface area contributed by atoms with Gasteiger partial charge in [-0.1, -0.05) is 0 Å². The first-order valence-corrected chi connectivity index (χ1v) is 16.9. The summed E-state index contributed by atoms with van der Waals surface area (Å²) >= 11 is 0. The van der Waals surface area contributed by atoms with Crippen LogP contribution in [0.2, 0.25) is 0 Å². The van der Waals surface area contributed by atoms with Gasteiger partial charge in [-0.2, -0.15) is 12.9 Å². The molecule has 0 spiro atoms. The molecule has 0 amide bonds. The third-order valence-electron chi connectivity index (χ3n) is 4.09. The zero-order valence-electron chi connectivity index (χ0n) is 21.0. The molecule has 3 heterocycles. The van der Waals surface area contributed by atoms with Crippen molar-refractivity contribution < 1.29 is 96.8 Å². The van der Waals surface area contributed by atoms with Crippen molar-refractivity contribution in [1.82, 2.24) is 0 Å². The molecule has 0 aromatic heterocycles. The van der Waals surface area contributed by atoms with E-state index in [1.807, 2.05) is 0 Å². The summed E-state index contributed by atoms with van der Waals surface area (Å²) in [4.78, 5) is 58.3. The Morgan fingerprint density at radius 1 is 0.308 bits per heavy atom. The summed E-state index contributed by atoms with van der Waals surface area (Å²) in [5.74, 6) is 0. The summed E-state index contributed by atoms with van der Waals surface area (Å²) < 4.78 is 112. The summed E-state index contributed by atoms with van der Waals surface area (Å²) in [6, 6.07) is 0. The van der Waals surface area contributed by atoms with Gasteiger partial charge in [0.25, 0.3) is 0 Å². The quantitative estimate of drug-likeness (QED) is 0.112. The SMILES string of the molecule is O=P1(O)OC2C3OP(=O)(O)OP(=O)(O)OC3C3OP(=O)(O)OP(=O)(O)OC3C2OP(=O)(O)O1.[Na].[Na].[Na].[Na].[Na].[Na]. The van der Waals surface area contributed by atoms with E-state index in [4.69, 9.17) is 0 Å². The Morgan fingerprint density at radius 3 is 0.513 bits per heavy atom. The number of phosphoric acid groups is 6. The maximum atomic E-state index is 12.1. The van der Waals surface area contributed by atoms with Crippen molar-refractivity contribution in [3.63, 3.8) is 0 Å². The van der Waals surface area contributed by atoms with E-state index in [0.717, 1.165) is 0 Å². The van der Waals surface area contributed by atoms with Crippen molar-refractivity contribution in [2.45, 2.75) is 36.6 Å². The molecule has 3 aliphatic heterocycles. The Hall–Kier alpha value is 6.78. The topological polar surface area (TPSA) is 307 Å². The predicted octanol–water partition coefficient (Wildman–Crippen LogP) is -2.28. The van der Waals surface area contributed by atoms with E-state index in [9.17, 15) is 56.8 Å². The number of phosphoric ester groups is 6. The van der Waals surface area contributed by atoms with E-state index in [1.165, 1.54) is 0 Å². The minimum atomic E-state index is -5.59. The van der Waals surface area contributed by atoms with Crippen molar-refractivity contribution in [1.29, 1.82) is 0 Å². The number of fused-ring (bicyclic) bond motifs is 6. The van der Waals surface area contributed by atoms with E-state index >= 15 is 0 Å². The van der Waals surface area contributed by atoms with E-state index in [0.29, 0.717) is 0 Å². The van der Waals surface area contributed by atoms with Gasteiger partial charge in [-0.3, -0.25) is 27.1 Å². The molecule has 4 rings (SSSR count). The molecule has 6 N–H and O–H groups in total. The third kappa shape index (κ3) is 13.2. The zero-order valence-corrected chi connectivity index (χ0v) is 38.3. The summed E-state index contributed by atoms with van der Waals surface area (Å²) in [5, 5.41) is 0. The fourth-order valence-electron chi connectivity index (χ4n) is 3.27. The summed E-state index contributed by atoms with van der Waals surface area (Å²) in [5.41, 5.74) is 0. The normalized spacial score (nSPS) is 52.5. The molecule has 39 heavy (non-hydrogen) atoms. The Morgan fingerprint density at radius 2 is 0.410 bits per heavy atom. The van der Waals surface area contributed by atoms with Crippen molar-refractivity contribution in [2.75, 3.05) is 0 Å². The molecule has 0 aromatic rings. The van der Waals surface area contributed by atoms with Crippen molar-refractivity contribution in [3.05, 3.63) is 0 Å². The van der Waals surface area contributed by atoms with Crippen LogP contribution in [0.3, 0.4) is 0 Å². The van der Waals surface area contributed by atoms with Gasteiger partial charge in [-0.25, -0.2) is 27.4 Å². The maximum Gasteiger partial charge on any atom is 0.481 e. The van der Waals surface area contributed by atoms with Crippen LogP contribution >= 0.6 is 46.9 Å². The van der Waals surface area contributed by atoms with Crippen LogP contribution in [0, 0.1) is 0 Å². The smallest absolute Gasteiger partial charge is 0.302 e. The molecule has 6 atom stereocenters. The molecule has 21 nitrogen and oxygen atoms in total. The molecule has 4 aliphatic rings. The molecule has 0 aromatic carbocycles. The van der Waals surface area contributed by atoms with Crippen LogP contribution in [0.1, 0.15) is 0 Å². The number of hydrogen-bond donors (Lipinski definition) is 6. The van der Waals surface area contributed by atoms with Crippen LogP contribution < -0.4 is 0 Å². The monoisotopic (exact) mass is 744 g/mol. The molecule has 4 fully saturated rings. The Balaban J connectivity index is -0.00000216.